The number of hydrogen-bond donors (Lipinski definition) is 1. The molecule has 0 fully saturated rings. The van der Waals surface area contributed by atoms with Gasteiger partial charge in [0.25, 0.3) is 5.78 Å². The summed E-state index contributed by atoms with van der Waals surface area (Å²) in [6, 6.07) is 8.40. The fourth-order valence-corrected chi connectivity index (χ4v) is 3.08. The minimum atomic E-state index is 0.669. The number of nitrogens with zero attached hydrogens (tertiary/aromatic N) is 4. The third kappa shape index (κ3) is 2.22. The van der Waals surface area contributed by atoms with Crippen LogP contribution in [0.25, 0.3) is 5.78 Å². The molecule has 112 valence electrons. The summed E-state index contributed by atoms with van der Waals surface area (Å²) in [6.45, 7) is 4.38. The number of nitrogens with one attached hydrogen (secondary N) is 1. The first-order chi connectivity index (χ1) is 10.7. The van der Waals surface area contributed by atoms with E-state index < -0.39 is 0 Å². The van der Waals surface area contributed by atoms with Gasteiger partial charge in [0.2, 0.25) is 0 Å². The van der Waals surface area contributed by atoms with Crippen LogP contribution in [0.4, 0.5) is 11.5 Å². The molecule has 0 amide bonds. The molecular weight excluding hydrogens is 274 g/mol. The van der Waals surface area contributed by atoms with Gasteiger partial charge in [-0.3, -0.25) is 0 Å². The van der Waals surface area contributed by atoms with Crippen LogP contribution in [0, 0.1) is 12.8 Å². The summed E-state index contributed by atoms with van der Waals surface area (Å²) in [7, 11) is 0. The molecule has 22 heavy (non-hydrogen) atoms. The smallest absolute Gasteiger partial charge is 0.254 e. The minimum absolute atomic E-state index is 0.669. The summed E-state index contributed by atoms with van der Waals surface area (Å²) in [5.41, 5.74) is 4.75. The van der Waals surface area contributed by atoms with Crippen LogP contribution < -0.4 is 5.32 Å². The first-order valence-electron chi connectivity index (χ1n) is 7.76. The normalized spacial score (nSPS) is 17.5. The van der Waals surface area contributed by atoms with Crippen LogP contribution in [0.2, 0.25) is 0 Å². The van der Waals surface area contributed by atoms with Gasteiger partial charge >= 0.3 is 0 Å². The van der Waals surface area contributed by atoms with Gasteiger partial charge in [0, 0.05) is 11.3 Å². The highest BCUT2D eigenvalue weighted by Gasteiger charge is 2.23. The lowest BCUT2D eigenvalue weighted by Gasteiger charge is -2.23. The number of anilines is 2. The molecule has 1 N–H and O–H groups in total. The molecule has 1 aromatic carbocycles. The van der Waals surface area contributed by atoms with Crippen molar-refractivity contribution in [2.75, 3.05) is 5.32 Å². The summed E-state index contributed by atoms with van der Waals surface area (Å²) < 4.78 is 1.81. The second kappa shape index (κ2) is 5.09. The van der Waals surface area contributed by atoms with Crippen LogP contribution in [0.1, 0.15) is 30.2 Å². The zero-order valence-corrected chi connectivity index (χ0v) is 12.9. The third-order valence-corrected chi connectivity index (χ3v) is 4.35. The molecule has 0 aliphatic heterocycles. The van der Waals surface area contributed by atoms with Gasteiger partial charge in [0.1, 0.15) is 12.1 Å². The molecule has 0 saturated carbocycles. The van der Waals surface area contributed by atoms with E-state index in [0.717, 1.165) is 30.0 Å². The fraction of sp³-hybridized carbons (Fsp3) is 0.353. The maximum absolute atomic E-state index is 4.69. The zero-order chi connectivity index (χ0) is 15.1. The van der Waals surface area contributed by atoms with E-state index in [4.69, 9.17) is 4.98 Å². The summed E-state index contributed by atoms with van der Waals surface area (Å²) in [5, 5.41) is 7.86. The number of hydrogen-bond acceptors (Lipinski definition) is 4. The lowest BCUT2D eigenvalue weighted by molar-refractivity contribution is 0.491. The Morgan fingerprint density at radius 3 is 2.86 bits per heavy atom. The van der Waals surface area contributed by atoms with Crippen LogP contribution in [0.15, 0.2) is 30.6 Å². The Morgan fingerprint density at radius 1 is 1.23 bits per heavy atom. The molecule has 1 aliphatic carbocycles. The van der Waals surface area contributed by atoms with Crippen molar-refractivity contribution in [2.24, 2.45) is 5.92 Å². The maximum atomic E-state index is 4.69. The first kappa shape index (κ1) is 13.2. The molecule has 0 spiro atoms. The first-order valence-corrected chi connectivity index (χ1v) is 7.76. The van der Waals surface area contributed by atoms with E-state index in [1.54, 1.807) is 6.33 Å². The SMILES string of the molecule is Cc1ccc(Nc2c3c(nc4ncnn24)C[C@H](C)CC3)cc1. The number of aromatic nitrogens is 4. The lowest BCUT2D eigenvalue weighted by atomic mass is 9.88. The number of benzene rings is 1. The summed E-state index contributed by atoms with van der Waals surface area (Å²) in [4.78, 5) is 8.96. The quantitative estimate of drug-likeness (QED) is 0.787. The Morgan fingerprint density at radius 2 is 2.05 bits per heavy atom. The van der Waals surface area contributed by atoms with Crippen molar-refractivity contribution in [2.45, 2.75) is 33.1 Å². The molecule has 1 aliphatic rings. The summed E-state index contributed by atoms with van der Waals surface area (Å²) in [5.74, 6) is 2.35. The number of fused-ring (bicyclic) bond motifs is 2. The highest BCUT2D eigenvalue weighted by atomic mass is 15.4. The lowest BCUT2D eigenvalue weighted by Crippen LogP contribution is -2.18. The Bertz CT molecular complexity index is 819. The van der Waals surface area contributed by atoms with Gasteiger partial charge in [-0.15, -0.1) is 0 Å². The van der Waals surface area contributed by atoms with E-state index in [9.17, 15) is 0 Å². The third-order valence-electron chi connectivity index (χ3n) is 4.35. The van der Waals surface area contributed by atoms with Crippen LogP contribution in [-0.2, 0) is 12.8 Å². The van der Waals surface area contributed by atoms with Crippen molar-refractivity contribution in [3.8, 4) is 0 Å². The highest BCUT2D eigenvalue weighted by molar-refractivity contribution is 5.63. The molecule has 2 heterocycles. The van der Waals surface area contributed by atoms with Crippen molar-refractivity contribution in [1.29, 1.82) is 0 Å². The Balaban J connectivity index is 1.84. The average Bonchev–Trinajstić information content (AvgIpc) is 2.97. The van der Waals surface area contributed by atoms with Gasteiger partial charge < -0.3 is 5.32 Å². The molecule has 5 nitrogen and oxygen atoms in total. The predicted octanol–water partition coefficient (Wildman–Crippen LogP) is 3.30. The molecule has 0 bridgehead atoms. The van der Waals surface area contributed by atoms with E-state index in [1.807, 2.05) is 4.52 Å². The van der Waals surface area contributed by atoms with E-state index in [1.165, 1.54) is 17.5 Å². The molecule has 0 saturated heterocycles. The molecule has 4 rings (SSSR count). The maximum Gasteiger partial charge on any atom is 0.254 e. The van der Waals surface area contributed by atoms with Crippen LogP contribution >= 0.6 is 0 Å². The van der Waals surface area contributed by atoms with Crippen LogP contribution in [-0.4, -0.2) is 19.6 Å². The number of rotatable bonds is 2. The number of aryl methyl sites for hydroxylation is 1. The Hall–Kier alpha value is -2.43. The molecule has 5 heteroatoms. The van der Waals surface area contributed by atoms with Crippen molar-refractivity contribution in [3.05, 3.63) is 47.4 Å². The fourth-order valence-electron chi connectivity index (χ4n) is 3.08. The zero-order valence-electron chi connectivity index (χ0n) is 12.9. The van der Waals surface area contributed by atoms with E-state index in [2.05, 4.69) is 53.5 Å². The molecule has 0 radical (unpaired) electrons. The average molecular weight is 293 g/mol. The molecular formula is C17H19N5. The minimum Gasteiger partial charge on any atom is -0.340 e. The van der Waals surface area contributed by atoms with Crippen molar-refractivity contribution in [1.82, 2.24) is 19.6 Å². The molecule has 1 atom stereocenters. The Kier molecular flexibility index (Phi) is 3.06. The van der Waals surface area contributed by atoms with Crippen molar-refractivity contribution >= 4 is 17.3 Å². The van der Waals surface area contributed by atoms with E-state index >= 15 is 0 Å². The van der Waals surface area contributed by atoms with Gasteiger partial charge in [-0.1, -0.05) is 24.6 Å². The molecule has 3 aromatic rings. The van der Waals surface area contributed by atoms with Crippen LogP contribution in [0.5, 0.6) is 0 Å². The largest absolute Gasteiger partial charge is 0.340 e. The van der Waals surface area contributed by atoms with E-state index in [0.29, 0.717) is 11.7 Å². The topological polar surface area (TPSA) is 55.1 Å². The standard InChI is InChI=1S/C17H19N5/c1-11-3-6-13(7-4-11)20-16-14-8-5-12(2)9-15(14)21-17-18-10-19-22(16)17/h3-4,6-7,10,12,20H,5,8-9H2,1-2H3/t12-/m1/s1. The van der Waals surface area contributed by atoms with Crippen molar-refractivity contribution in [3.63, 3.8) is 0 Å². The summed E-state index contributed by atoms with van der Waals surface area (Å²) >= 11 is 0. The summed E-state index contributed by atoms with van der Waals surface area (Å²) in [6.07, 6.45) is 4.81. The van der Waals surface area contributed by atoms with E-state index in [-0.39, 0.29) is 0 Å². The van der Waals surface area contributed by atoms with Gasteiger partial charge in [-0.2, -0.15) is 14.6 Å². The molecule has 0 unspecified atom stereocenters. The predicted molar refractivity (Wildman–Crippen MR) is 86.4 cm³/mol. The second-order valence-corrected chi connectivity index (χ2v) is 6.20. The molecule has 2 aromatic heterocycles. The monoisotopic (exact) mass is 293 g/mol. The Labute approximate surface area is 129 Å². The van der Waals surface area contributed by atoms with Gasteiger partial charge in [0.05, 0.1) is 5.69 Å². The highest BCUT2D eigenvalue weighted by Crippen LogP contribution is 2.31. The van der Waals surface area contributed by atoms with Gasteiger partial charge in [-0.25, -0.2) is 4.98 Å². The van der Waals surface area contributed by atoms with Gasteiger partial charge in [-0.05, 0) is 44.2 Å². The van der Waals surface area contributed by atoms with Crippen molar-refractivity contribution < 1.29 is 0 Å². The van der Waals surface area contributed by atoms with Crippen LogP contribution in [0.3, 0.4) is 0 Å². The second-order valence-electron chi connectivity index (χ2n) is 6.20. The van der Waals surface area contributed by atoms with Gasteiger partial charge in [0.15, 0.2) is 0 Å².